The molecule has 0 aromatic heterocycles. The van der Waals surface area contributed by atoms with Crippen LogP contribution in [-0.4, -0.2) is 54.9 Å². The van der Waals surface area contributed by atoms with E-state index in [0.29, 0.717) is 12.8 Å². The summed E-state index contributed by atoms with van der Waals surface area (Å²) in [6, 6.07) is 0. The minimum absolute atomic E-state index is 0.130. The molecular formula is C8H13NO5S. The van der Waals surface area contributed by atoms with E-state index in [1.165, 1.54) is 4.90 Å². The number of rotatable bonds is 2. The molecule has 2 saturated heterocycles. The highest BCUT2D eigenvalue weighted by molar-refractivity contribution is 7.92. The summed E-state index contributed by atoms with van der Waals surface area (Å²) in [6.45, 7) is -0.103. The number of hydrogen-bond donors (Lipinski definition) is 1. The van der Waals surface area contributed by atoms with Crippen molar-refractivity contribution in [3.05, 3.63) is 0 Å². The number of aliphatic hydroxyl groups excluding tert-OH is 1. The van der Waals surface area contributed by atoms with Crippen LogP contribution in [0.25, 0.3) is 0 Å². The monoisotopic (exact) mass is 235 g/mol. The maximum Gasteiger partial charge on any atom is 0.411 e. The van der Waals surface area contributed by atoms with Gasteiger partial charge in [0.15, 0.2) is 9.84 Å². The Kier molecular flexibility index (Phi) is 2.59. The molecule has 0 spiro atoms. The van der Waals surface area contributed by atoms with Gasteiger partial charge in [-0.2, -0.15) is 0 Å². The van der Waals surface area contributed by atoms with Gasteiger partial charge in [-0.1, -0.05) is 0 Å². The molecule has 2 rings (SSSR count). The van der Waals surface area contributed by atoms with E-state index in [1.54, 1.807) is 0 Å². The van der Waals surface area contributed by atoms with Crippen molar-refractivity contribution in [2.45, 2.75) is 24.3 Å². The molecule has 2 fully saturated rings. The van der Waals surface area contributed by atoms with Crippen LogP contribution in [0.4, 0.5) is 4.79 Å². The van der Waals surface area contributed by atoms with E-state index >= 15 is 0 Å². The lowest BCUT2D eigenvalue weighted by Gasteiger charge is -2.19. The molecule has 0 radical (unpaired) electrons. The van der Waals surface area contributed by atoms with E-state index in [-0.39, 0.29) is 18.9 Å². The van der Waals surface area contributed by atoms with Gasteiger partial charge in [0.1, 0.15) is 11.5 Å². The summed E-state index contributed by atoms with van der Waals surface area (Å²) in [7, 11) is -3.19. The van der Waals surface area contributed by atoms with Gasteiger partial charge in [-0.05, 0) is 12.8 Å². The number of sulfone groups is 1. The fourth-order valence-electron chi connectivity index (χ4n) is 2.00. The van der Waals surface area contributed by atoms with Gasteiger partial charge in [-0.3, -0.25) is 4.90 Å². The minimum atomic E-state index is -3.19. The Hall–Kier alpha value is -0.820. The number of carbonyl (C=O) groups excluding carboxylic acids is 1. The molecule has 2 atom stereocenters. The van der Waals surface area contributed by atoms with Crippen molar-refractivity contribution in [2.24, 2.45) is 0 Å². The zero-order chi connectivity index (χ0) is 11.1. The molecule has 0 aliphatic carbocycles. The molecule has 2 aliphatic rings. The Bertz CT molecular complexity index is 365. The number of carbonyl (C=O) groups is 1. The molecule has 1 amide bonds. The number of amides is 1. The van der Waals surface area contributed by atoms with Gasteiger partial charge in [0, 0.05) is 0 Å². The Morgan fingerprint density at radius 1 is 1.53 bits per heavy atom. The van der Waals surface area contributed by atoms with Crippen LogP contribution in [0.5, 0.6) is 0 Å². The number of nitrogens with zero attached hydrogens (tertiary/aromatic N) is 1. The van der Waals surface area contributed by atoms with Crippen molar-refractivity contribution in [3.63, 3.8) is 0 Å². The van der Waals surface area contributed by atoms with Crippen molar-refractivity contribution >= 4 is 15.9 Å². The van der Waals surface area contributed by atoms with Crippen LogP contribution >= 0.6 is 0 Å². The quantitative estimate of drug-likeness (QED) is 0.686. The highest BCUT2D eigenvalue weighted by Gasteiger charge is 2.44. The second-order valence-corrected chi connectivity index (χ2v) is 6.08. The van der Waals surface area contributed by atoms with Gasteiger partial charge in [-0.25, -0.2) is 13.2 Å². The second-order valence-electron chi connectivity index (χ2n) is 3.80. The van der Waals surface area contributed by atoms with E-state index < -0.39 is 27.4 Å². The van der Waals surface area contributed by atoms with E-state index in [9.17, 15) is 13.2 Å². The first-order valence-electron chi connectivity index (χ1n) is 4.84. The Morgan fingerprint density at radius 3 is 2.73 bits per heavy atom. The van der Waals surface area contributed by atoms with Crippen LogP contribution < -0.4 is 0 Å². The van der Waals surface area contributed by atoms with Crippen LogP contribution in [-0.2, 0) is 14.6 Å². The molecule has 7 heteroatoms. The average Bonchev–Trinajstić information content (AvgIpc) is 2.68. The summed E-state index contributed by atoms with van der Waals surface area (Å²) in [5.41, 5.74) is 0. The van der Waals surface area contributed by atoms with Crippen molar-refractivity contribution < 1.29 is 23.1 Å². The molecular weight excluding hydrogens is 222 g/mol. The van der Waals surface area contributed by atoms with Crippen LogP contribution in [0, 0.1) is 0 Å². The Labute approximate surface area is 87.7 Å². The molecule has 1 N–H and O–H groups in total. The predicted molar refractivity (Wildman–Crippen MR) is 50.9 cm³/mol. The first kappa shape index (κ1) is 10.7. The normalized spacial score (nSPS) is 34.5. The van der Waals surface area contributed by atoms with Gasteiger partial charge in [0.2, 0.25) is 0 Å². The molecule has 86 valence electrons. The van der Waals surface area contributed by atoms with E-state index in [4.69, 9.17) is 9.84 Å². The topological polar surface area (TPSA) is 83.9 Å². The van der Waals surface area contributed by atoms with Gasteiger partial charge in [0.25, 0.3) is 0 Å². The molecule has 2 aliphatic heterocycles. The fourth-order valence-corrected chi connectivity index (χ4v) is 3.92. The smallest absolute Gasteiger partial charge is 0.411 e. The third kappa shape index (κ3) is 1.81. The van der Waals surface area contributed by atoms with Gasteiger partial charge < -0.3 is 9.84 Å². The molecule has 1 unspecified atom stereocenters. The van der Waals surface area contributed by atoms with Crippen LogP contribution in [0.2, 0.25) is 0 Å². The molecule has 6 nitrogen and oxygen atoms in total. The summed E-state index contributed by atoms with van der Waals surface area (Å²) in [6.07, 6.45) is -0.172. The molecule has 0 aromatic rings. The number of hydrogen-bond acceptors (Lipinski definition) is 5. The van der Waals surface area contributed by atoms with Crippen molar-refractivity contribution in [3.8, 4) is 0 Å². The largest absolute Gasteiger partial charge is 0.442 e. The maximum atomic E-state index is 11.6. The molecule has 15 heavy (non-hydrogen) atoms. The van der Waals surface area contributed by atoms with Gasteiger partial charge in [0.05, 0.1) is 18.9 Å². The Morgan fingerprint density at radius 2 is 2.27 bits per heavy atom. The number of ether oxygens (including phenoxy) is 1. The number of aliphatic hydroxyl groups is 1. The van der Waals surface area contributed by atoms with Crippen LogP contribution in [0.3, 0.4) is 0 Å². The highest BCUT2D eigenvalue weighted by Crippen LogP contribution is 2.27. The first-order chi connectivity index (χ1) is 7.04. The summed E-state index contributed by atoms with van der Waals surface area (Å²) >= 11 is 0. The predicted octanol–water partition coefficient (Wildman–Crippen LogP) is -0.666. The molecule has 0 aromatic carbocycles. The zero-order valence-electron chi connectivity index (χ0n) is 8.13. The van der Waals surface area contributed by atoms with Crippen LogP contribution in [0.15, 0.2) is 0 Å². The lowest BCUT2D eigenvalue weighted by Crippen LogP contribution is -2.39. The first-order valence-corrected chi connectivity index (χ1v) is 6.56. The van der Waals surface area contributed by atoms with Crippen molar-refractivity contribution in [1.29, 1.82) is 0 Å². The van der Waals surface area contributed by atoms with Crippen molar-refractivity contribution in [2.75, 3.05) is 18.9 Å². The fraction of sp³-hybridized carbons (Fsp3) is 0.875. The lowest BCUT2D eigenvalue weighted by atomic mass is 10.3. The highest BCUT2D eigenvalue weighted by atomic mass is 32.2. The summed E-state index contributed by atoms with van der Waals surface area (Å²) in [5.74, 6) is 0.130. The van der Waals surface area contributed by atoms with Crippen molar-refractivity contribution in [1.82, 2.24) is 4.90 Å². The average molecular weight is 235 g/mol. The number of cyclic esters (lactones) is 1. The van der Waals surface area contributed by atoms with E-state index in [1.807, 2.05) is 0 Å². The zero-order valence-corrected chi connectivity index (χ0v) is 8.94. The minimum Gasteiger partial charge on any atom is -0.442 e. The molecule has 0 bridgehead atoms. The van der Waals surface area contributed by atoms with E-state index in [2.05, 4.69) is 0 Å². The molecule has 2 heterocycles. The van der Waals surface area contributed by atoms with Crippen LogP contribution in [0.1, 0.15) is 12.8 Å². The Balaban J connectivity index is 2.15. The summed E-state index contributed by atoms with van der Waals surface area (Å²) < 4.78 is 28.0. The van der Waals surface area contributed by atoms with Gasteiger partial charge >= 0.3 is 6.09 Å². The third-order valence-corrected chi connectivity index (χ3v) is 4.93. The lowest BCUT2D eigenvalue weighted by molar-refractivity contribution is 0.0945. The third-order valence-electron chi connectivity index (χ3n) is 2.75. The summed E-state index contributed by atoms with van der Waals surface area (Å²) in [5, 5.41) is 8.07. The summed E-state index contributed by atoms with van der Waals surface area (Å²) in [4.78, 5) is 12.6. The standard InChI is InChI=1S/C8H13NO5S/c10-5-6-4-9(8(11)14-6)7-2-1-3-15(7,12)13/h6-7,10H,1-5H2/t6-,7?/m1/s1. The van der Waals surface area contributed by atoms with E-state index in [0.717, 1.165) is 0 Å². The van der Waals surface area contributed by atoms with Gasteiger partial charge in [-0.15, -0.1) is 0 Å². The second kappa shape index (κ2) is 3.64. The maximum absolute atomic E-state index is 11.6. The molecule has 0 saturated carbocycles. The SMILES string of the molecule is O=C1O[C@@H](CO)CN1C1CCCS1(=O)=O.